The van der Waals surface area contributed by atoms with Crippen LogP contribution in [0.15, 0.2) is 54.6 Å². The van der Waals surface area contributed by atoms with Gasteiger partial charge in [0.1, 0.15) is 5.75 Å². The predicted molar refractivity (Wildman–Crippen MR) is 114 cm³/mol. The molecular formula is C23H31N3O2. The van der Waals surface area contributed by atoms with Gasteiger partial charge in [0.2, 0.25) is 0 Å². The van der Waals surface area contributed by atoms with Crippen LogP contribution in [0, 0.1) is 0 Å². The van der Waals surface area contributed by atoms with Crippen LogP contribution in [-0.4, -0.2) is 50.3 Å². The number of carbonyl (C=O) groups is 1. The lowest BCUT2D eigenvalue weighted by atomic mass is 10.0. The number of carbonyl (C=O) groups excluding carboxylic acids is 1. The Hall–Kier alpha value is -2.69. The van der Waals surface area contributed by atoms with Crippen molar-refractivity contribution in [2.45, 2.75) is 38.3 Å². The third-order valence-electron chi connectivity index (χ3n) is 5.43. The van der Waals surface area contributed by atoms with Gasteiger partial charge in [-0.15, -0.1) is 0 Å². The maximum atomic E-state index is 12.8. The molecule has 1 saturated heterocycles. The summed E-state index contributed by atoms with van der Waals surface area (Å²) in [6.45, 7) is 3.96. The second-order valence-corrected chi connectivity index (χ2v) is 7.59. The first-order valence-corrected chi connectivity index (χ1v) is 10.0. The summed E-state index contributed by atoms with van der Waals surface area (Å²) in [7, 11) is 3.58. The number of anilines is 1. The Morgan fingerprint density at radius 2 is 2.04 bits per heavy atom. The molecule has 2 amide bonds. The van der Waals surface area contributed by atoms with Crippen molar-refractivity contribution in [2.24, 2.45) is 0 Å². The third-order valence-corrected chi connectivity index (χ3v) is 5.43. The maximum Gasteiger partial charge on any atom is 0.317 e. The number of hydrogen-bond acceptors (Lipinski definition) is 3. The fraction of sp³-hybridized carbons (Fsp3) is 0.435. The van der Waals surface area contributed by atoms with Crippen molar-refractivity contribution >= 4 is 11.7 Å². The molecular weight excluding hydrogens is 350 g/mol. The third kappa shape index (κ3) is 5.18. The minimum Gasteiger partial charge on any atom is -0.497 e. The first kappa shape index (κ1) is 20.1. The molecule has 5 heteroatoms. The van der Waals surface area contributed by atoms with Gasteiger partial charge >= 0.3 is 6.03 Å². The van der Waals surface area contributed by atoms with Gasteiger partial charge in [-0.1, -0.05) is 30.3 Å². The number of piperidine rings is 1. The summed E-state index contributed by atoms with van der Waals surface area (Å²) >= 11 is 0. The molecule has 0 radical (unpaired) electrons. The molecule has 1 aliphatic rings. The summed E-state index contributed by atoms with van der Waals surface area (Å²) < 4.78 is 5.28. The number of amides is 2. The first-order valence-electron chi connectivity index (χ1n) is 10.0. The van der Waals surface area contributed by atoms with E-state index in [9.17, 15) is 4.79 Å². The van der Waals surface area contributed by atoms with Crippen molar-refractivity contribution in [1.82, 2.24) is 10.2 Å². The van der Waals surface area contributed by atoms with Crippen LogP contribution in [0.2, 0.25) is 0 Å². The Labute approximate surface area is 168 Å². The second kappa shape index (κ2) is 9.49. The van der Waals surface area contributed by atoms with E-state index in [1.807, 2.05) is 43.1 Å². The molecule has 0 aromatic heterocycles. The minimum absolute atomic E-state index is 0.00434. The monoisotopic (exact) mass is 381 g/mol. The van der Waals surface area contributed by atoms with Crippen LogP contribution < -0.4 is 15.0 Å². The fourth-order valence-corrected chi connectivity index (χ4v) is 3.83. The number of hydrogen-bond donors (Lipinski definition) is 1. The zero-order valence-electron chi connectivity index (χ0n) is 17.1. The van der Waals surface area contributed by atoms with Gasteiger partial charge in [-0.25, -0.2) is 4.79 Å². The summed E-state index contributed by atoms with van der Waals surface area (Å²) in [5.74, 6) is 0.844. The molecule has 0 aliphatic carbocycles. The van der Waals surface area contributed by atoms with Gasteiger partial charge in [0.05, 0.1) is 13.2 Å². The summed E-state index contributed by atoms with van der Waals surface area (Å²) in [5, 5.41) is 3.15. The van der Waals surface area contributed by atoms with E-state index in [2.05, 4.69) is 40.5 Å². The van der Waals surface area contributed by atoms with Crippen molar-refractivity contribution in [1.29, 1.82) is 0 Å². The lowest BCUT2D eigenvalue weighted by Gasteiger charge is -2.39. The van der Waals surface area contributed by atoms with Gasteiger partial charge in [-0.05, 0) is 56.0 Å². The van der Waals surface area contributed by atoms with Crippen molar-refractivity contribution in [2.75, 3.05) is 32.1 Å². The molecule has 2 aromatic carbocycles. The molecule has 1 aliphatic heterocycles. The summed E-state index contributed by atoms with van der Waals surface area (Å²) in [6, 6.07) is 18.7. The molecule has 1 fully saturated rings. The average molecular weight is 382 g/mol. The Kier molecular flexibility index (Phi) is 6.80. The lowest BCUT2D eigenvalue weighted by molar-refractivity contribution is 0.179. The van der Waals surface area contributed by atoms with E-state index < -0.39 is 0 Å². The Bertz CT molecular complexity index is 765. The van der Waals surface area contributed by atoms with Crippen molar-refractivity contribution in [3.05, 3.63) is 60.2 Å². The van der Waals surface area contributed by atoms with Crippen LogP contribution in [0.3, 0.4) is 0 Å². The molecule has 2 atom stereocenters. The van der Waals surface area contributed by atoms with Gasteiger partial charge in [-0.3, -0.25) is 0 Å². The highest BCUT2D eigenvalue weighted by Gasteiger charge is 2.26. The largest absolute Gasteiger partial charge is 0.497 e. The zero-order chi connectivity index (χ0) is 19.9. The molecule has 28 heavy (non-hydrogen) atoms. The number of nitrogens with zero attached hydrogens (tertiary/aromatic N) is 2. The zero-order valence-corrected chi connectivity index (χ0v) is 17.1. The number of nitrogens with one attached hydrogen (secondary N) is 1. The summed E-state index contributed by atoms with van der Waals surface area (Å²) in [6.07, 6.45) is 2.91. The topological polar surface area (TPSA) is 44.8 Å². The molecule has 0 spiro atoms. The van der Waals surface area contributed by atoms with E-state index in [4.69, 9.17) is 4.74 Å². The molecule has 5 nitrogen and oxygen atoms in total. The van der Waals surface area contributed by atoms with Crippen LogP contribution in [0.5, 0.6) is 5.75 Å². The second-order valence-electron chi connectivity index (χ2n) is 7.59. The highest BCUT2D eigenvalue weighted by atomic mass is 16.5. The number of ether oxygens (including phenoxy) is 1. The van der Waals surface area contributed by atoms with Crippen LogP contribution in [0.4, 0.5) is 10.5 Å². The van der Waals surface area contributed by atoms with E-state index in [0.717, 1.165) is 43.7 Å². The van der Waals surface area contributed by atoms with E-state index in [1.165, 1.54) is 5.69 Å². The van der Waals surface area contributed by atoms with Crippen molar-refractivity contribution in [3.8, 4) is 5.75 Å². The molecule has 0 saturated carbocycles. The van der Waals surface area contributed by atoms with Gasteiger partial charge in [0.25, 0.3) is 0 Å². The SMILES string of the molecule is COc1cccc(CC(C)NC(=O)N(C)C2CCCN(c3ccccc3)C2)c1. The Balaban J connectivity index is 1.54. The van der Waals surface area contributed by atoms with Gasteiger partial charge in [0.15, 0.2) is 0 Å². The highest BCUT2D eigenvalue weighted by Crippen LogP contribution is 2.22. The Morgan fingerprint density at radius 1 is 1.25 bits per heavy atom. The molecule has 3 rings (SSSR count). The van der Waals surface area contributed by atoms with E-state index in [0.29, 0.717) is 0 Å². The Morgan fingerprint density at radius 3 is 2.79 bits per heavy atom. The normalized spacial score (nSPS) is 17.7. The van der Waals surface area contributed by atoms with E-state index in [1.54, 1.807) is 7.11 Å². The van der Waals surface area contributed by atoms with Gasteiger partial charge in [0, 0.05) is 31.9 Å². The lowest BCUT2D eigenvalue weighted by Crippen LogP contribution is -2.53. The fourth-order valence-electron chi connectivity index (χ4n) is 3.83. The van der Waals surface area contributed by atoms with Crippen LogP contribution >= 0.6 is 0 Å². The molecule has 2 aromatic rings. The average Bonchev–Trinajstić information content (AvgIpc) is 2.74. The molecule has 1 N–H and O–H groups in total. The minimum atomic E-state index is -0.00434. The summed E-state index contributed by atoms with van der Waals surface area (Å²) in [4.78, 5) is 17.0. The van der Waals surface area contributed by atoms with Crippen LogP contribution in [0.1, 0.15) is 25.3 Å². The number of benzene rings is 2. The molecule has 1 heterocycles. The maximum absolute atomic E-state index is 12.8. The predicted octanol–water partition coefficient (Wildman–Crippen LogP) is 3.94. The molecule has 150 valence electrons. The number of urea groups is 1. The number of rotatable bonds is 6. The van der Waals surface area contributed by atoms with Gasteiger partial charge < -0.3 is 19.9 Å². The van der Waals surface area contributed by atoms with Gasteiger partial charge in [-0.2, -0.15) is 0 Å². The smallest absolute Gasteiger partial charge is 0.317 e. The van der Waals surface area contributed by atoms with E-state index >= 15 is 0 Å². The van der Waals surface area contributed by atoms with Crippen molar-refractivity contribution in [3.63, 3.8) is 0 Å². The van der Waals surface area contributed by atoms with Crippen LogP contribution in [0.25, 0.3) is 0 Å². The number of likely N-dealkylation sites (N-methyl/N-ethyl adjacent to an activating group) is 1. The molecule has 0 bridgehead atoms. The van der Waals surface area contributed by atoms with E-state index in [-0.39, 0.29) is 18.1 Å². The number of para-hydroxylation sites is 1. The quantitative estimate of drug-likeness (QED) is 0.824. The standard InChI is InChI=1S/C23H31N3O2/c1-18(15-19-9-7-13-22(16-19)28-3)24-23(27)25(2)21-12-8-14-26(17-21)20-10-5-4-6-11-20/h4-7,9-11,13,16,18,21H,8,12,14-15,17H2,1-3H3,(H,24,27). The summed E-state index contributed by atoms with van der Waals surface area (Å²) in [5.41, 5.74) is 2.38. The number of methoxy groups -OCH3 is 1. The highest BCUT2D eigenvalue weighted by molar-refractivity contribution is 5.74. The molecule has 2 unspecified atom stereocenters. The van der Waals surface area contributed by atoms with Crippen LogP contribution in [-0.2, 0) is 6.42 Å². The first-order chi connectivity index (χ1) is 13.6. The van der Waals surface area contributed by atoms with Crippen molar-refractivity contribution < 1.29 is 9.53 Å².